The van der Waals surface area contributed by atoms with Gasteiger partial charge >= 0.3 is 0 Å². The quantitative estimate of drug-likeness (QED) is 0.571. The number of hydrogen-bond donors (Lipinski definition) is 1. The SMILES string of the molecule is Cn1cc(C(=O)NCC2COc3ccccc3O2)c2c3ccccc3n(C)c2c1=O. The molecule has 1 N–H and O–H groups in total. The molecule has 4 aromatic rings. The fourth-order valence-corrected chi connectivity index (χ4v) is 4.04. The second-order valence-electron chi connectivity index (χ2n) is 7.47. The molecule has 7 heteroatoms. The molecule has 0 aliphatic carbocycles. The monoisotopic (exact) mass is 403 g/mol. The number of amides is 1. The molecule has 2 aromatic heterocycles. The molecule has 0 bridgehead atoms. The van der Waals surface area contributed by atoms with Crippen LogP contribution in [0.5, 0.6) is 11.5 Å². The molecule has 0 radical (unpaired) electrons. The molecule has 3 heterocycles. The van der Waals surface area contributed by atoms with Gasteiger partial charge in [-0.2, -0.15) is 0 Å². The molecule has 1 unspecified atom stereocenters. The van der Waals surface area contributed by atoms with Gasteiger partial charge in [0.15, 0.2) is 11.5 Å². The second kappa shape index (κ2) is 6.95. The Labute approximate surface area is 172 Å². The van der Waals surface area contributed by atoms with Crippen molar-refractivity contribution < 1.29 is 14.3 Å². The van der Waals surface area contributed by atoms with Crippen LogP contribution in [0.4, 0.5) is 0 Å². The van der Waals surface area contributed by atoms with E-state index in [0.717, 1.165) is 10.9 Å². The number of rotatable bonds is 3. The van der Waals surface area contributed by atoms with E-state index in [1.54, 1.807) is 13.2 Å². The molecule has 1 aliphatic heterocycles. The summed E-state index contributed by atoms with van der Waals surface area (Å²) in [6, 6.07) is 15.2. The molecule has 2 aromatic carbocycles. The maximum absolute atomic E-state index is 13.1. The van der Waals surface area contributed by atoms with Gasteiger partial charge < -0.3 is 23.9 Å². The fourth-order valence-electron chi connectivity index (χ4n) is 4.04. The van der Waals surface area contributed by atoms with Crippen molar-refractivity contribution in [1.29, 1.82) is 0 Å². The Hall–Kier alpha value is -3.74. The van der Waals surface area contributed by atoms with Crippen molar-refractivity contribution in [3.63, 3.8) is 0 Å². The third-order valence-corrected chi connectivity index (χ3v) is 5.52. The molecule has 0 saturated heterocycles. The zero-order chi connectivity index (χ0) is 20.8. The zero-order valence-electron chi connectivity index (χ0n) is 16.7. The Balaban J connectivity index is 1.48. The maximum Gasteiger partial charge on any atom is 0.274 e. The predicted octanol–water partition coefficient (Wildman–Crippen LogP) is 2.60. The normalized spacial score (nSPS) is 15.5. The number of pyridine rings is 1. The Morgan fingerprint density at radius 2 is 1.83 bits per heavy atom. The van der Waals surface area contributed by atoms with Crippen molar-refractivity contribution in [3.05, 3.63) is 70.6 Å². The molecule has 7 nitrogen and oxygen atoms in total. The number of aryl methyl sites for hydroxylation is 2. The highest BCUT2D eigenvalue weighted by Crippen LogP contribution is 2.31. The fraction of sp³-hybridized carbons (Fsp3) is 0.217. The lowest BCUT2D eigenvalue weighted by Crippen LogP contribution is -2.41. The van der Waals surface area contributed by atoms with Crippen molar-refractivity contribution >= 4 is 27.7 Å². The van der Waals surface area contributed by atoms with Crippen LogP contribution in [0.3, 0.4) is 0 Å². The molecule has 0 saturated carbocycles. The van der Waals surface area contributed by atoms with Gasteiger partial charge in [0.25, 0.3) is 11.5 Å². The number of aromatic nitrogens is 2. The van der Waals surface area contributed by atoms with E-state index in [-0.39, 0.29) is 17.6 Å². The van der Waals surface area contributed by atoms with Gasteiger partial charge in [0.2, 0.25) is 0 Å². The molecule has 1 atom stereocenters. The highest BCUT2D eigenvalue weighted by Gasteiger charge is 2.24. The number of benzene rings is 2. The standard InChI is InChI=1S/C23H21N3O4/c1-25-12-16(20-15-7-3-4-8-17(15)26(2)21(20)23(25)28)22(27)24-11-14-13-29-18-9-5-6-10-19(18)30-14/h3-10,12,14H,11,13H2,1-2H3,(H,24,27). The van der Waals surface area contributed by atoms with E-state index in [2.05, 4.69) is 5.32 Å². The average molecular weight is 403 g/mol. The molecule has 1 amide bonds. The van der Waals surface area contributed by atoms with Gasteiger partial charge in [-0.1, -0.05) is 30.3 Å². The van der Waals surface area contributed by atoms with Crippen LogP contribution in [0.15, 0.2) is 59.5 Å². The van der Waals surface area contributed by atoms with E-state index in [1.807, 2.05) is 60.1 Å². The number of nitrogens with one attached hydrogen (secondary N) is 1. The smallest absolute Gasteiger partial charge is 0.274 e. The number of carbonyl (C=O) groups excluding carboxylic acids is 1. The predicted molar refractivity (Wildman–Crippen MR) is 114 cm³/mol. The van der Waals surface area contributed by atoms with Gasteiger partial charge in [-0.3, -0.25) is 9.59 Å². The topological polar surface area (TPSA) is 74.5 Å². The zero-order valence-corrected chi connectivity index (χ0v) is 16.7. The van der Waals surface area contributed by atoms with Crippen LogP contribution >= 0.6 is 0 Å². The van der Waals surface area contributed by atoms with Gasteiger partial charge in [-0.25, -0.2) is 0 Å². The molecular weight excluding hydrogens is 382 g/mol. The summed E-state index contributed by atoms with van der Waals surface area (Å²) in [6.07, 6.45) is 1.30. The Bertz CT molecular complexity index is 1350. The first kappa shape index (κ1) is 18.3. The second-order valence-corrected chi connectivity index (χ2v) is 7.47. The van der Waals surface area contributed by atoms with E-state index in [9.17, 15) is 9.59 Å². The lowest BCUT2D eigenvalue weighted by Gasteiger charge is -2.26. The van der Waals surface area contributed by atoms with Crippen LogP contribution in [-0.4, -0.2) is 34.3 Å². The van der Waals surface area contributed by atoms with Gasteiger partial charge in [0.1, 0.15) is 18.2 Å². The van der Waals surface area contributed by atoms with E-state index in [1.165, 1.54) is 4.57 Å². The summed E-state index contributed by atoms with van der Waals surface area (Å²) in [5, 5.41) is 4.49. The van der Waals surface area contributed by atoms with Gasteiger partial charge in [0, 0.05) is 36.6 Å². The summed E-state index contributed by atoms with van der Waals surface area (Å²) in [6.45, 7) is 0.649. The third kappa shape index (κ3) is 2.82. The first-order valence-electron chi connectivity index (χ1n) is 9.78. The largest absolute Gasteiger partial charge is 0.486 e. The highest BCUT2D eigenvalue weighted by atomic mass is 16.6. The van der Waals surface area contributed by atoms with E-state index in [4.69, 9.17) is 9.47 Å². The molecule has 0 spiro atoms. The summed E-state index contributed by atoms with van der Waals surface area (Å²) < 4.78 is 14.9. The van der Waals surface area contributed by atoms with Crippen LogP contribution in [0.2, 0.25) is 0 Å². The van der Waals surface area contributed by atoms with Crippen molar-refractivity contribution in [2.45, 2.75) is 6.10 Å². The lowest BCUT2D eigenvalue weighted by atomic mass is 10.1. The first-order valence-corrected chi connectivity index (χ1v) is 9.78. The van der Waals surface area contributed by atoms with Gasteiger partial charge in [-0.05, 0) is 18.2 Å². The van der Waals surface area contributed by atoms with Crippen LogP contribution < -0.4 is 20.3 Å². The summed E-state index contributed by atoms with van der Waals surface area (Å²) in [5.74, 6) is 1.12. The van der Waals surface area contributed by atoms with Gasteiger partial charge in [-0.15, -0.1) is 0 Å². The van der Waals surface area contributed by atoms with Crippen molar-refractivity contribution in [2.75, 3.05) is 13.2 Å². The molecule has 30 heavy (non-hydrogen) atoms. The number of nitrogens with zero attached hydrogens (tertiary/aromatic N) is 2. The van der Waals surface area contributed by atoms with Crippen molar-refractivity contribution in [1.82, 2.24) is 14.5 Å². The van der Waals surface area contributed by atoms with Gasteiger partial charge in [0.05, 0.1) is 12.1 Å². The number of carbonyl (C=O) groups is 1. The van der Waals surface area contributed by atoms with E-state index < -0.39 is 0 Å². The third-order valence-electron chi connectivity index (χ3n) is 5.52. The van der Waals surface area contributed by atoms with Crippen molar-refractivity contribution in [3.8, 4) is 11.5 Å². The number of fused-ring (bicyclic) bond motifs is 4. The Kier molecular flexibility index (Phi) is 4.24. The van der Waals surface area contributed by atoms with E-state index in [0.29, 0.717) is 41.1 Å². The Morgan fingerprint density at radius 3 is 2.67 bits per heavy atom. The van der Waals surface area contributed by atoms with E-state index >= 15 is 0 Å². The first-order chi connectivity index (χ1) is 14.5. The summed E-state index contributed by atoms with van der Waals surface area (Å²) in [5.41, 5.74) is 1.74. The summed E-state index contributed by atoms with van der Waals surface area (Å²) in [4.78, 5) is 25.9. The van der Waals surface area contributed by atoms with Crippen LogP contribution in [0, 0.1) is 0 Å². The summed E-state index contributed by atoms with van der Waals surface area (Å²) in [7, 11) is 3.50. The number of para-hydroxylation sites is 3. The molecule has 1 aliphatic rings. The average Bonchev–Trinajstić information content (AvgIpc) is 3.07. The number of hydrogen-bond acceptors (Lipinski definition) is 4. The maximum atomic E-state index is 13.1. The summed E-state index contributed by atoms with van der Waals surface area (Å²) >= 11 is 0. The molecular formula is C23H21N3O4. The Morgan fingerprint density at radius 1 is 1.10 bits per heavy atom. The van der Waals surface area contributed by atoms with Crippen LogP contribution in [-0.2, 0) is 14.1 Å². The minimum atomic E-state index is -0.292. The highest BCUT2D eigenvalue weighted by molar-refractivity contribution is 6.17. The lowest BCUT2D eigenvalue weighted by molar-refractivity contribution is 0.0790. The number of ether oxygens (including phenoxy) is 2. The van der Waals surface area contributed by atoms with Crippen LogP contribution in [0.25, 0.3) is 21.8 Å². The van der Waals surface area contributed by atoms with Crippen LogP contribution in [0.1, 0.15) is 10.4 Å². The molecule has 5 rings (SSSR count). The minimum absolute atomic E-state index is 0.138. The molecule has 152 valence electrons. The molecule has 0 fully saturated rings. The minimum Gasteiger partial charge on any atom is -0.486 e. The van der Waals surface area contributed by atoms with Crippen molar-refractivity contribution in [2.24, 2.45) is 14.1 Å².